The van der Waals surface area contributed by atoms with Gasteiger partial charge in [-0.2, -0.15) is 0 Å². The molecule has 2 saturated heterocycles. The van der Waals surface area contributed by atoms with E-state index in [0.29, 0.717) is 12.0 Å². The first-order valence-corrected chi connectivity index (χ1v) is 8.36. The summed E-state index contributed by atoms with van der Waals surface area (Å²) in [5, 5.41) is 0. The Morgan fingerprint density at radius 1 is 1.26 bits per heavy atom. The van der Waals surface area contributed by atoms with Crippen LogP contribution in [0, 0.1) is 5.92 Å². The van der Waals surface area contributed by atoms with Gasteiger partial charge in [0.1, 0.15) is 0 Å². The van der Waals surface area contributed by atoms with Crippen molar-refractivity contribution in [1.82, 2.24) is 4.90 Å². The molecule has 0 aromatic carbocycles. The van der Waals surface area contributed by atoms with Crippen LogP contribution in [-0.4, -0.2) is 42.3 Å². The maximum atomic E-state index is 6.25. The van der Waals surface area contributed by atoms with Crippen LogP contribution in [0.15, 0.2) is 0 Å². The molecular weight excluding hydrogens is 236 g/mol. The highest BCUT2D eigenvalue weighted by atomic mass is 16.5. The second-order valence-electron chi connectivity index (χ2n) is 7.00. The molecule has 0 aromatic heterocycles. The van der Waals surface area contributed by atoms with Gasteiger partial charge in [0.05, 0.1) is 5.60 Å². The minimum atomic E-state index is 0.254. The van der Waals surface area contributed by atoms with Gasteiger partial charge in [0.25, 0.3) is 0 Å². The van der Waals surface area contributed by atoms with Crippen molar-refractivity contribution in [2.45, 2.75) is 76.0 Å². The van der Waals surface area contributed by atoms with Gasteiger partial charge < -0.3 is 10.5 Å². The summed E-state index contributed by atoms with van der Waals surface area (Å²) in [6, 6.07) is 1.19. The van der Waals surface area contributed by atoms with Gasteiger partial charge in [-0.15, -0.1) is 0 Å². The third kappa shape index (κ3) is 2.84. The number of likely N-dealkylation sites (tertiary alicyclic amines) is 1. The standard InChI is InChI=1S/C16H30N2O/c1-2-13-12-18(9-5-15(13)17)14-6-10-19-16(11-14)7-3-4-8-16/h13-15H,2-12,17H2,1H3. The van der Waals surface area contributed by atoms with E-state index in [4.69, 9.17) is 10.5 Å². The topological polar surface area (TPSA) is 38.5 Å². The third-order valence-corrected chi connectivity index (χ3v) is 5.85. The van der Waals surface area contributed by atoms with Gasteiger partial charge in [0.15, 0.2) is 0 Å². The molecule has 0 aromatic rings. The number of rotatable bonds is 2. The largest absolute Gasteiger partial charge is 0.375 e. The van der Waals surface area contributed by atoms with E-state index in [9.17, 15) is 0 Å². The summed E-state index contributed by atoms with van der Waals surface area (Å²) >= 11 is 0. The molecule has 19 heavy (non-hydrogen) atoms. The van der Waals surface area contributed by atoms with Crippen molar-refractivity contribution >= 4 is 0 Å². The first-order valence-electron chi connectivity index (χ1n) is 8.36. The summed E-state index contributed by atoms with van der Waals surface area (Å²) in [7, 11) is 0. The Kier molecular flexibility index (Phi) is 4.16. The summed E-state index contributed by atoms with van der Waals surface area (Å²) in [6.07, 6.45) is 10.3. The first-order chi connectivity index (χ1) is 9.22. The fourth-order valence-corrected chi connectivity index (χ4v) is 4.52. The summed E-state index contributed by atoms with van der Waals surface area (Å²) in [5.41, 5.74) is 6.50. The Bertz CT molecular complexity index is 301. The molecule has 3 atom stereocenters. The van der Waals surface area contributed by atoms with E-state index in [0.717, 1.165) is 12.6 Å². The van der Waals surface area contributed by atoms with E-state index < -0.39 is 0 Å². The molecule has 2 heterocycles. The van der Waals surface area contributed by atoms with Crippen LogP contribution in [0.25, 0.3) is 0 Å². The smallest absolute Gasteiger partial charge is 0.0697 e. The lowest BCUT2D eigenvalue weighted by molar-refractivity contribution is -0.106. The van der Waals surface area contributed by atoms with Gasteiger partial charge in [0.2, 0.25) is 0 Å². The minimum Gasteiger partial charge on any atom is -0.375 e. The van der Waals surface area contributed by atoms with Gasteiger partial charge in [0, 0.05) is 25.2 Å². The molecule has 2 N–H and O–H groups in total. The van der Waals surface area contributed by atoms with E-state index >= 15 is 0 Å². The predicted molar refractivity (Wildman–Crippen MR) is 78.1 cm³/mol. The van der Waals surface area contributed by atoms with Crippen LogP contribution in [0.1, 0.15) is 58.3 Å². The number of hydrogen-bond acceptors (Lipinski definition) is 3. The summed E-state index contributed by atoms with van der Waals surface area (Å²) in [4.78, 5) is 2.74. The van der Waals surface area contributed by atoms with Gasteiger partial charge in [-0.1, -0.05) is 26.2 Å². The molecule has 1 aliphatic carbocycles. The van der Waals surface area contributed by atoms with E-state index in [-0.39, 0.29) is 5.60 Å². The maximum Gasteiger partial charge on any atom is 0.0697 e. The highest BCUT2D eigenvalue weighted by Gasteiger charge is 2.42. The SMILES string of the molecule is CCC1CN(C2CCOC3(CCCC3)C2)CCC1N. The second kappa shape index (κ2) is 5.71. The normalized spacial score (nSPS) is 39.8. The van der Waals surface area contributed by atoms with Crippen LogP contribution >= 0.6 is 0 Å². The zero-order chi connectivity index (χ0) is 13.3. The van der Waals surface area contributed by atoms with Gasteiger partial charge in [-0.05, 0) is 44.6 Å². The highest BCUT2D eigenvalue weighted by Crippen LogP contribution is 2.41. The molecule has 3 rings (SSSR count). The van der Waals surface area contributed by atoms with E-state index in [1.165, 1.54) is 64.5 Å². The van der Waals surface area contributed by atoms with Crippen LogP contribution < -0.4 is 5.73 Å². The van der Waals surface area contributed by atoms with E-state index in [1.807, 2.05) is 0 Å². The fraction of sp³-hybridized carbons (Fsp3) is 1.00. The minimum absolute atomic E-state index is 0.254. The molecule has 3 aliphatic rings. The molecule has 1 spiro atoms. The van der Waals surface area contributed by atoms with Crippen LogP contribution in [0.3, 0.4) is 0 Å². The van der Waals surface area contributed by atoms with Crippen molar-refractivity contribution in [1.29, 1.82) is 0 Å². The maximum absolute atomic E-state index is 6.25. The van der Waals surface area contributed by atoms with E-state index in [1.54, 1.807) is 0 Å². The number of nitrogens with two attached hydrogens (primary N) is 1. The Morgan fingerprint density at radius 2 is 2.05 bits per heavy atom. The van der Waals surface area contributed by atoms with Gasteiger partial charge >= 0.3 is 0 Å². The lowest BCUT2D eigenvalue weighted by Crippen LogP contribution is -2.54. The quantitative estimate of drug-likeness (QED) is 0.835. The molecule has 0 radical (unpaired) electrons. The van der Waals surface area contributed by atoms with Crippen molar-refractivity contribution in [2.75, 3.05) is 19.7 Å². The third-order valence-electron chi connectivity index (χ3n) is 5.85. The Labute approximate surface area is 117 Å². The van der Waals surface area contributed by atoms with Gasteiger partial charge in [-0.3, -0.25) is 4.90 Å². The van der Waals surface area contributed by atoms with Gasteiger partial charge in [-0.25, -0.2) is 0 Å². The number of nitrogens with zero attached hydrogens (tertiary/aromatic N) is 1. The Morgan fingerprint density at radius 3 is 2.79 bits per heavy atom. The zero-order valence-electron chi connectivity index (χ0n) is 12.4. The Balaban J connectivity index is 1.62. The molecule has 0 amide bonds. The molecular formula is C16H30N2O. The molecule has 2 aliphatic heterocycles. The molecule has 3 fully saturated rings. The summed E-state index contributed by atoms with van der Waals surface area (Å²) in [6.45, 7) is 5.69. The number of piperidine rings is 1. The van der Waals surface area contributed by atoms with Crippen molar-refractivity contribution < 1.29 is 4.74 Å². The molecule has 3 heteroatoms. The molecule has 3 unspecified atom stereocenters. The lowest BCUT2D eigenvalue weighted by Gasteiger charge is -2.46. The highest BCUT2D eigenvalue weighted by molar-refractivity contribution is 4.96. The van der Waals surface area contributed by atoms with Crippen LogP contribution in [0.5, 0.6) is 0 Å². The zero-order valence-corrected chi connectivity index (χ0v) is 12.4. The molecule has 0 bridgehead atoms. The van der Waals surface area contributed by atoms with E-state index in [2.05, 4.69) is 11.8 Å². The lowest BCUT2D eigenvalue weighted by atomic mass is 9.84. The monoisotopic (exact) mass is 266 g/mol. The van der Waals surface area contributed by atoms with Crippen LogP contribution in [0.2, 0.25) is 0 Å². The fourth-order valence-electron chi connectivity index (χ4n) is 4.52. The summed E-state index contributed by atoms with van der Waals surface area (Å²) in [5.74, 6) is 0.705. The van der Waals surface area contributed by atoms with Crippen LogP contribution in [0.4, 0.5) is 0 Å². The van der Waals surface area contributed by atoms with Crippen molar-refractivity contribution in [3.8, 4) is 0 Å². The second-order valence-corrected chi connectivity index (χ2v) is 7.00. The van der Waals surface area contributed by atoms with Crippen LogP contribution in [-0.2, 0) is 4.74 Å². The number of ether oxygens (including phenoxy) is 1. The van der Waals surface area contributed by atoms with Crippen molar-refractivity contribution in [3.05, 3.63) is 0 Å². The summed E-state index contributed by atoms with van der Waals surface area (Å²) < 4.78 is 6.17. The molecule has 110 valence electrons. The first kappa shape index (κ1) is 13.8. The number of hydrogen-bond donors (Lipinski definition) is 1. The van der Waals surface area contributed by atoms with Crippen molar-refractivity contribution in [2.24, 2.45) is 11.7 Å². The average molecular weight is 266 g/mol. The predicted octanol–water partition coefficient (Wildman–Crippen LogP) is 2.54. The Hall–Kier alpha value is -0.120. The van der Waals surface area contributed by atoms with Crippen molar-refractivity contribution in [3.63, 3.8) is 0 Å². The molecule has 1 saturated carbocycles. The molecule has 3 nitrogen and oxygen atoms in total. The average Bonchev–Trinajstić information content (AvgIpc) is 2.87.